The van der Waals surface area contributed by atoms with Crippen LogP contribution in [0, 0.1) is 5.92 Å². The van der Waals surface area contributed by atoms with Gasteiger partial charge in [-0.15, -0.1) is 0 Å². The van der Waals surface area contributed by atoms with Crippen molar-refractivity contribution in [2.24, 2.45) is 11.7 Å². The number of ether oxygens (including phenoxy) is 1. The van der Waals surface area contributed by atoms with Crippen LogP contribution in [0.4, 0.5) is 19.4 Å². The first-order valence-corrected chi connectivity index (χ1v) is 8.91. The number of pyridine rings is 2. The van der Waals surface area contributed by atoms with Crippen molar-refractivity contribution in [2.45, 2.75) is 38.2 Å². The van der Waals surface area contributed by atoms with Gasteiger partial charge in [0.25, 0.3) is 6.43 Å². The highest BCUT2D eigenvalue weighted by molar-refractivity contribution is 5.82. The molecule has 0 radical (unpaired) electrons. The summed E-state index contributed by atoms with van der Waals surface area (Å²) in [5.41, 5.74) is 5.84. The van der Waals surface area contributed by atoms with Crippen molar-refractivity contribution >= 4 is 11.9 Å². The zero-order valence-electron chi connectivity index (χ0n) is 15.4. The van der Waals surface area contributed by atoms with E-state index < -0.39 is 23.8 Å². The molecule has 1 saturated carbocycles. The normalized spacial score (nSPS) is 15.9. The third kappa shape index (κ3) is 5.35. The minimum atomic E-state index is -2.83. The van der Waals surface area contributed by atoms with Crippen LogP contribution >= 0.6 is 0 Å². The van der Waals surface area contributed by atoms with E-state index in [1.165, 1.54) is 24.4 Å². The van der Waals surface area contributed by atoms with E-state index in [4.69, 9.17) is 15.6 Å². The molecule has 2 aromatic heterocycles. The van der Waals surface area contributed by atoms with Gasteiger partial charge < -0.3 is 15.6 Å². The quantitative estimate of drug-likeness (QED) is 0.625. The Bertz CT molecular complexity index is 857. The Morgan fingerprint density at radius 3 is 2.82 bits per heavy atom. The number of carbonyl (C=O) groups is 1. The standard InChI is InChI=1S/C19H22F2N4O3/c1-19(22,9-11-2-3-11)10-28-14-5-4-13(24-16(14)17(20)21)12-6-7-23-15(8-12)25-18(26)27/h4-8,11,17H,2-3,9-10,22H2,1H3,(H,23,25)(H,26,27)/t19-/m0/s1. The number of nitrogens with two attached hydrogens (primary N) is 1. The molecule has 1 aliphatic carbocycles. The van der Waals surface area contributed by atoms with Crippen molar-refractivity contribution in [1.82, 2.24) is 9.97 Å². The van der Waals surface area contributed by atoms with Gasteiger partial charge in [0, 0.05) is 17.3 Å². The van der Waals surface area contributed by atoms with Crippen molar-refractivity contribution in [3.8, 4) is 17.0 Å². The lowest BCUT2D eigenvalue weighted by molar-refractivity contribution is 0.135. The highest BCUT2D eigenvalue weighted by Crippen LogP contribution is 2.37. The van der Waals surface area contributed by atoms with Gasteiger partial charge in [-0.05, 0) is 43.5 Å². The van der Waals surface area contributed by atoms with Crippen LogP contribution in [-0.4, -0.2) is 33.3 Å². The van der Waals surface area contributed by atoms with E-state index in [0.29, 0.717) is 11.5 Å². The maximum absolute atomic E-state index is 13.5. The Morgan fingerprint density at radius 2 is 2.18 bits per heavy atom. The molecule has 1 atom stereocenters. The number of rotatable bonds is 8. The topological polar surface area (TPSA) is 110 Å². The molecular weight excluding hydrogens is 370 g/mol. The average molecular weight is 392 g/mol. The first-order valence-electron chi connectivity index (χ1n) is 8.91. The molecule has 0 unspecified atom stereocenters. The lowest BCUT2D eigenvalue weighted by Crippen LogP contribution is -2.43. The van der Waals surface area contributed by atoms with E-state index in [9.17, 15) is 13.6 Å². The Kier molecular flexibility index (Phi) is 5.73. The summed E-state index contributed by atoms with van der Waals surface area (Å²) in [6, 6.07) is 5.94. The van der Waals surface area contributed by atoms with Gasteiger partial charge in [-0.25, -0.2) is 23.5 Å². The van der Waals surface area contributed by atoms with Gasteiger partial charge in [0.15, 0.2) is 0 Å². The number of nitrogens with zero attached hydrogens (tertiary/aromatic N) is 2. The van der Waals surface area contributed by atoms with Crippen LogP contribution in [-0.2, 0) is 0 Å². The summed E-state index contributed by atoms with van der Waals surface area (Å²) in [6.07, 6.45) is 0.351. The average Bonchev–Trinajstić information content (AvgIpc) is 3.43. The molecule has 0 aliphatic heterocycles. The molecule has 2 heterocycles. The first-order chi connectivity index (χ1) is 13.2. The molecule has 0 saturated heterocycles. The smallest absolute Gasteiger partial charge is 0.410 e. The van der Waals surface area contributed by atoms with E-state index >= 15 is 0 Å². The largest absolute Gasteiger partial charge is 0.490 e. The molecule has 0 bridgehead atoms. The summed E-state index contributed by atoms with van der Waals surface area (Å²) in [5.74, 6) is 0.655. The maximum Gasteiger partial charge on any atom is 0.410 e. The number of amides is 1. The Hall–Kier alpha value is -2.81. The summed E-state index contributed by atoms with van der Waals surface area (Å²) in [6.45, 7) is 1.97. The Labute approximate surface area is 160 Å². The number of carboxylic acid groups (broad SMARTS) is 1. The lowest BCUT2D eigenvalue weighted by Gasteiger charge is -2.25. The summed E-state index contributed by atoms with van der Waals surface area (Å²) < 4.78 is 32.7. The minimum Gasteiger partial charge on any atom is -0.490 e. The number of hydrogen-bond acceptors (Lipinski definition) is 5. The number of nitrogens with one attached hydrogen (secondary N) is 1. The van der Waals surface area contributed by atoms with Crippen LogP contribution in [0.1, 0.15) is 38.3 Å². The highest BCUT2D eigenvalue weighted by Gasteiger charge is 2.31. The van der Waals surface area contributed by atoms with Crippen molar-refractivity contribution in [1.29, 1.82) is 0 Å². The minimum absolute atomic E-state index is 0.0100. The number of halogens is 2. The fraction of sp³-hybridized carbons (Fsp3) is 0.421. The van der Waals surface area contributed by atoms with Gasteiger partial charge in [-0.3, -0.25) is 5.32 Å². The van der Waals surface area contributed by atoms with E-state index in [1.54, 1.807) is 6.07 Å². The third-order valence-corrected chi connectivity index (χ3v) is 4.39. The number of hydrogen-bond donors (Lipinski definition) is 3. The fourth-order valence-electron chi connectivity index (χ4n) is 2.95. The van der Waals surface area contributed by atoms with Gasteiger partial charge in [0.1, 0.15) is 23.9 Å². The molecule has 1 aliphatic rings. The van der Waals surface area contributed by atoms with Gasteiger partial charge >= 0.3 is 6.09 Å². The molecule has 1 amide bonds. The Balaban J connectivity index is 1.80. The van der Waals surface area contributed by atoms with Crippen LogP contribution < -0.4 is 15.8 Å². The number of aromatic nitrogens is 2. The predicted molar refractivity (Wildman–Crippen MR) is 99.5 cm³/mol. The zero-order valence-corrected chi connectivity index (χ0v) is 15.4. The van der Waals surface area contributed by atoms with Crippen LogP contribution in [0.15, 0.2) is 30.5 Å². The van der Waals surface area contributed by atoms with Crippen molar-refractivity contribution in [2.75, 3.05) is 11.9 Å². The third-order valence-electron chi connectivity index (χ3n) is 4.39. The van der Waals surface area contributed by atoms with E-state index in [-0.39, 0.29) is 23.9 Å². The van der Waals surface area contributed by atoms with Crippen molar-refractivity contribution < 1.29 is 23.4 Å². The molecule has 9 heteroatoms. The van der Waals surface area contributed by atoms with Crippen molar-refractivity contribution in [3.05, 3.63) is 36.2 Å². The second kappa shape index (κ2) is 8.05. The molecule has 0 aromatic carbocycles. The molecule has 150 valence electrons. The number of alkyl halides is 2. The lowest BCUT2D eigenvalue weighted by atomic mass is 9.97. The molecule has 2 aromatic rings. The second-order valence-electron chi connectivity index (χ2n) is 7.33. The van der Waals surface area contributed by atoms with E-state index in [1.807, 2.05) is 6.92 Å². The van der Waals surface area contributed by atoms with Gasteiger partial charge in [-0.2, -0.15) is 0 Å². The molecular formula is C19H22F2N4O3. The monoisotopic (exact) mass is 392 g/mol. The summed E-state index contributed by atoms with van der Waals surface area (Å²) in [5, 5.41) is 10.9. The van der Waals surface area contributed by atoms with Crippen LogP contribution in [0.3, 0.4) is 0 Å². The van der Waals surface area contributed by atoms with E-state index in [2.05, 4.69) is 15.3 Å². The molecule has 4 N–H and O–H groups in total. The SMILES string of the molecule is C[C@@](N)(COc1ccc(-c2ccnc(NC(=O)O)c2)nc1C(F)F)CC1CC1. The maximum atomic E-state index is 13.5. The molecule has 1 fully saturated rings. The molecule has 7 nitrogen and oxygen atoms in total. The van der Waals surface area contributed by atoms with Crippen LogP contribution in [0.2, 0.25) is 0 Å². The summed E-state index contributed by atoms with van der Waals surface area (Å²) in [4.78, 5) is 18.6. The summed E-state index contributed by atoms with van der Waals surface area (Å²) >= 11 is 0. The highest BCUT2D eigenvalue weighted by atomic mass is 19.3. The van der Waals surface area contributed by atoms with Gasteiger partial charge in [0.2, 0.25) is 0 Å². The molecule has 28 heavy (non-hydrogen) atoms. The van der Waals surface area contributed by atoms with Crippen LogP contribution in [0.25, 0.3) is 11.3 Å². The number of anilines is 1. The second-order valence-corrected chi connectivity index (χ2v) is 7.33. The van der Waals surface area contributed by atoms with Gasteiger partial charge in [0.05, 0.1) is 5.69 Å². The zero-order chi connectivity index (χ0) is 20.3. The molecule has 0 spiro atoms. The van der Waals surface area contributed by atoms with Crippen molar-refractivity contribution in [3.63, 3.8) is 0 Å². The predicted octanol–water partition coefficient (Wildman–Crippen LogP) is 4.07. The first kappa shape index (κ1) is 19.9. The molecule has 3 rings (SSSR count). The van der Waals surface area contributed by atoms with Gasteiger partial charge in [-0.1, -0.05) is 12.8 Å². The van der Waals surface area contributed by atoms with Crippen LogP contribution in [0.5, 0.6) is 5.75 Å². The summed E-state index contributed by atoms with van der Waals surface area (Å²) in [7, 11) is 0. The van der Waals surface area contributed by atoms with E-state index in [0.717, 1.165) is 19.3 Å². The Morgan fingerprint density at radius 1 is 1.43 bits per heavy atom. The fourth-order valence-corrected chi connectivity index (χ4v) is 2.95.